The number of piperidine rings is 1. The van der Waals surface area contributed by atoms with E-state index in [-0.39, 0.29) is 35.2 Å². The summed E-state index contributed by atoms with van der Waals surface area (Å²) in [4.78, 5) is 27.6. The minimum atomic E-state index is -3.94. The maximum atomic E-state index is 14.4. The first-order chi connectivity index (χ1) is 20.2. The summed E-state index contributed by atoms with van der Waals surface area (Å²) in [6.07, 6.45) is 3.13. The zero-order chi connectivity index (χ0) is 29.6. The number of methoxy groups -OCH3 is 1. The molecule has 2 aliphatic heterocycles. The Balaban J connectivity index is 1.41. The molecular formula is C32H34ClN3O5S. The number of hydrogen-bond donors (Lipinski definition) is 1. The lowest BCUT2D eigenvalue weighted by Crippen LogP contribution is -2.54. The Bertz CT molecular complexity index is 1630. The van der Waals surface area contributed by atoms with Crippen molar-refractivity contribution in [2.24, 2.45) is 5.92 Å². The van der Waals surface area contributed by atoms with Gasteiger partial charge in [-0.15, -0.1) is 0 Å². The zero-order valence-corrected chi connectivity index (χ0v) is 25.2. The SMILES string of the molecule is COc1ccc(S(=O)(=O)N2c3ccc(C(=O)NCc4ccccc4Cl)cc3C3(CCN(C(C)=O)CC3)C2C2CC2)cc1. The number of likely N-dealkylation sites (tertiary alicyclic amines) is 1. The Kier molecular flexibility index (Phi) is 7.43. The molecule has 0 radical (unpaired) electrons. The minimum Gasteiger partial charge on any atom is -0.497 e. The normalized spacial score (nSPS) is 19.5. The standard InChI is InChI=1S/C32H34ClN3O5S/c1-21(37)35-17-15-32(16-18-35)27-19-23(31(38)34-20-24-5-3-4-6-28(24)33)9-14-29(27)36(30(32)22-7-8-22)42(39,40)26-12-10-25(41-2)11-13-26/h3-6,9-14,19,22,30H,7-8,15-18,20H2,1-2H3,(H,34,38). The highest BCUT2D eigenvalue weighted by molar-refractivity contribution is 7.92. The van der Waals surface area contributed by atoms with Gasteiger partial charge in [-0.05, 0) is 91.3 Å². The van der Waals surface area contributed by atoms with Gasteiger partial charge in [-0.25, -0.2) is 8.42 Å². The van der Waals surface area contributed by atoms with Gasteiger partial charge < -0.3 is 15.0 Å². The Hall–Kier alpha value is -3.56. The molecule has 42 heavy (non-hydrogen) atoms. The van der Waals surface area contributed by atoms with Crippen LogP contribution in [-0.4, -0.2) is 51.4 Å². The number of anilines is 1. The van der Waals surface area contributed by atoms with E-state index in [1.165, 1.54) is 0 Å². The van der Waals surface area contributed by atoms with Gasteiger partial charge >= 0.3 is 0 Å². The predicted molar refractivity (Wildman–Crippen MR) is 161 cm³/mol. The fourth-order valence-electron chi connectivity index (χ4n) is 6.70. The van der Waals surface area contributed by atoms with Crippen molar-refractivity contribution in [3.05, 3.63) is 88.4 Å². The number of rotatable bonds is 7. The van der Waals surface area contributed by atoms with Crippen molar-refractivity contribution in [1.82, 2.24) is 10.2 Å². The van der Waals surface area contributed by atoms with Crippen LogP contribution in [0, 0.1) is 5.92 Å². The quantitative estimate of drug-likeness (QED) is 0.401. The van der Waals surface area contributed by atoms with E-state index < -0.39 is 15.4 Å². The highest BCUT2D eigenvalue weighted by Gasteiger charge is 2.60. The number of hydrogen-bond acceptors (Lipinski definition) is 5. The predicted octanol–water partition coefficient (Wildman–Crippen LogP) is 5.15. The molecule has 3 aromatic carbocycles. The first kappa shape index (κ1) is 28.6. The monoisotopic (exact) mass is 607 g/mol. The van der Waals surface area contributed by atoms with Gasteiger partial charge in [0.2, 0.25) is 5.91 Å². The van der Waals surface area contributed by atoms with Gasteiger partial charge in [-0.2, -0.15) is 0 Å². The number of fused-ring (bicyclic) bond motifs is 2. The molecular weight excluding hydrogens is 574 g/mol. The highest BCUT2D eigenvalue weighted by Crippen LogP contribution is 2.59. The Morgan fingerprint density at radius 2 is 1.71 bits per heavy atom. The van der Waals surface area contributed by atoms with Crippen molar-refractivity contribution >= 4 is 39.1 Å². The summed E-state index contributed by atoms with van der Waals surface area (Å²) in [7, 11) is -2.39. The number of benzene rings is 3. The van der Waals surface area contributed by atoms with Crippen molar-refractivity contribution in [2.45, 2.75) is 55.5 Å². The molecule has 1 saturated heterocycles. The van der Waals surface area contributed by atoms with Gasteiger partial charge in [0.1, 0.15) is 5.75 Å². The molecule has 0 bridgehead atoms. The van der Waals surface area contributed by atoms with Crippen LogP contribution in [0.15, 0.2) is 71.6 Å². The molecule has 1 unspecified atom stereocenters. The lowest BCUT2D eigenvalue weighted by molar-refractivity contribution is -0.130. The van der Waals surface area contributed by atoms with E-state index in [2.05, 4.69) is 5.32 Å². The van der Waals surface area contributed by atoms with Gasteiger partial charge in [0, 0.05) is 42.6 Å². The smallest absolute Gasteiger partial charge is 0.264 e. The molecule has 3 aromatic rings. The molecule has 1 spiro atoms. The fraction of sp³-hybridized carbons (Fsp3) is 0.375. The van der Waals surface area contributed by atoms with Crippen molar-refractivity contribution < 1.29 is 22.7 Å². The largest absolute Gasteiger partial charge is 0.497 e. The lowest BCUT2D eigenvalue weighted by Gasteiger charge is -2.45. The van der Waals surface area contributed by atoms with Crippen molar-refractivity contribution in [1.29, 1.82) is 0 Å². The summed E-state index contributed by atoms with van der Waals surface area (Å²) in [6, 6.07) is 18.9. The van der Waals surface area contributed by atoms with Crippen LogP contribution >= 0.6 is 11.6 Å². The third-order valence-corrected chi connectivity index (χ3v) is 11.2. The molecule has 3 aliphatic rings. The molecule has 0 aromatic heterocycles. The third-order valence-electron chi connectivity index (χ3n) is 9.03. The molecule has 6 rings (SSSR count). The molecule has 10 heteroatoms. The number of halogens is 1. The van der Waals surface area contributed by atoms with E-state index in [0.717, 1.165) is 24.0 Å². The summed E-state index contributed by atoms with van der Waals surface area (Å²) >= 11 is 6.29. The molecule has 2 fully saturated rings. The van der Waals surface area contributed by atoms with Crippen LogP contribution in [0.1, 0.15) is 54.1 Å². The van der Waals surface area contributed by atoms with E-state index in [4.69, 9.17) is 16.3 Å². The Morgan fingerprint density at radius 1 is 1.02 bits per heavy atom. The van der Waals surface area contributed by atoms with E-state index in [1.54, 1.807) is 60.8 Å². The lowest BCUT2D eigenvalue weighted by atomic mass is 9.68. The second-order valence-electron chi connectivity index (χ2n) is 11.4. The molecule has 1 atom stereocenters. The first-order valence-electron chi connectivity index (χ1n) is 14.3. The fourth-order valence-corrected chi connectivity index (χ4v) is 8.70. The maximum Gasteiger partial charge on any atom is 0.264 e. The summed E-state index contributed by atoms with van der Waals surface area (Å²) in [5, 5.41) is 3.54. The van der Waals surface area contributed by atoms with E-state index in [0.29, 0.717) is 48.0 Å². The average Bonchev–Trinajstić information content (AvgIpc) is 3.80. The van der Waals surface area contributed by atoms with Gasteiger partial charge in [-0.1, -0.05) is 29.8 Å². The minimum absolute atomic E-state index is 0.0152. The van der Waals surface area contributed by atoms with Crippen LogP contribution in [0.25, 0.3) is 0 Å². The van der Waals surface area contributed by atoms with E-state index in [9.17, 15) is 18.0 Å². The van der Waals surface area contributed by atoms with E-state index >= 15 is 0 Å². The van der Waals surface area contributed by atoms with Gasteiger partial charge in [-0.3, -0.25) is 13.9 Å². The number of nitrogens with one attached hydrogen (secondary N) is 1. The Labute approximate surface area is 251 Å². The number of nitrogens with zero attached hydrogens (tertiary/aromatic N) is 2. The summed E-state index contributed by atoms with van der Waals surface area (Å²) in [5.74, 6) is 0.539. The number of carbonyl (C=O) groups excluding carboxylic acids is 2. The van der Waals surface area contributed by atoms with Crippen molar-refractivity contribution in [3.63, 3.8) is 0 Å². The van der Waals surface area contributed by atoms with Crippen LogP contribution in [0.3, 0.4) is 0 Å². The van der Waals surface area contributed by atoms with Gasteiger partial charge in [0.25, 0.3) is 15.9 Å². The second-order valence-corrected chi connectivity index (χ2v) is 13.6. The maximum absolute atomic E-state index is 14.4. The second kappa shape index (κ2) is 10.9. The van der Waals surface area contributed by atoms with Crippen LogP contribution in [0.5, 0.6) is 5.75 Å². The average molecular weight is 608 g/mol. The van der Waals surface area contributed by atoms with E-state index in [1.807, 2.05) is 29.2 Å². The molecule has 220 valence electrons. The van der Waals surface area contributed by atoms with Crippen LogP contribution in [-0.2, 0) is 26.8 Å². The number of carbonyl (C=O) groups is 2. The first-order valence-corrected chi connectivity index (χ1v) is 16.1. The van der Waals surface area contributed by atoms with Crippen molar-refractivity contribution in [2.75, 3.05) is 24.5 Å². The third kappa shape index (κ3) is 4.92. The zero-order valence-electron chi connectivity index (χ0n) is 23.7. The van der Waals surface area contributed by atoms with Gasteiger partial charge in [0.15, 0.2) is 0 Å². The molecule has 2 amide bonds. The molecule has 1 aliphatic carbocycles. The molecule has 8 nitrogen and oxygen atoms in total. The summed E-state index contributed by atoms with van der Waals surface area (Å²) in [5.41, 5.74) is 2.24. The van der Waals surface area contributed by atoms with Gasteiger partial charge in [0.05, 0.1) is 23.7 Å². The summed E-state index contributed by atoms with van der Waals surface area (Å²) < 4.78 is 35.6. The summed E-state index contributed by atoms with van der Waals surface area (Å²) in [6.45, 7) is 2.92. The number of amides is 2. The Morgan fingerprint density at radius 3 is 2.33 bits per heavy atom. The van der Waals surface area contributed by atoms with Crippen molar-refractivity contribution in [3.8, 4) is 5.75 Å². The number of sulfonamides is 1. The topological polar surface area (TPSA) is 96.0 Å². The molecule has 1 saturated carbocycles. The van der Waals surface area contributed by atoms with Crippen LogP contribution < -0.4 is 14.4 Å². The highest BCUT2D eigenvalue weighted by atomic mass is 35.5. The molecule has 1 N–H and O–H groups in total. The number of ether oxygens (including phenoxy) is 1. The van der Waals surface area contributed by atoms with Crippen LogP contribution in [0.2, 0.25) is 5.02 Å². The molecule has 2 heterocycles. The van der Waals surface area contributed by atoms with Crippen LogP contribution in [0.4, 0.5) is 5.69 Å².